The first-order valence-corrected chi connectivity index (χ1v) is 26.4. The van der Waals surface area contributed by atoms with Crippen LogP contribution in [0, 0.1) is 0 Å². The summed E-state index contributed by atoms with van der Waals surface area (Å²) in [5, 5.41) is 8.84. The van der Waals surface area contributed by atoms with Gasteiger partial charge in [-0.05, 0) is 94.5 Å². The highest BCUT2D eigenvalue weighted by Gasteiger charge is 2.19. The van der Waals surface area contributed by atoms with Crippen molar-refractivity contribution in [1.82, 2.24) is 19.9 Å². The van der Waals surface area contributed by atoms with Gasteiger partial charge in [0, 0.05) is 86.5 Å². The molecule has 8 heteroatoms. The van der Waals surface area contributed by atoms with Crippen molar-refractivity contribution in [2.45, 2.75) is 0 Å². The summed E-state index contributed by atoms with van der Waals surface area (Å²) < 4.78 is 20.4. The maximum atomic E-state index is 6.75. The van der Waals surface area contributed by atoms with Crippen LogP contribution >= 0.6 is 15.9 Å². The van der Waals surface area contributed by atoms with E-state index in [1.165, 1.54) is 10.8 Å². The van der Waals surface area contributed by atoms with E-state index in [1.807, 2.05) is 60.7 Å². The Kier molecular flexibility index (Phi) is 9.65. The molecule has 0 atom stereocenters. The molecule has 5 aromatic heterocycles. The van der Waals surface area contributed by atoms with Gasteiger partial charge < -0.3 is 18.2 Å². The quantitative estimate of drug-likeness (QED) is 0.171. The van der Waals surface area contributed by atoms with Crippen molar-refractivity contribution in [3.8, 4) is 78.7 Å². The van der Waals surface area contributed by atoms with Crippen molar-refractivity contribution in [1.29, 1.82) is 0 Å². The van der Waals surface area contributed by atoms with Crippen molar-refractivity contribution in [2.24, 2.45) is 0 Å². The number of H-pyrrole nitrogens is 1. The molecule has 0 amide bonds. The fourth-order valence-corrected chi connectivity index (χ4v) is 11.7. The molecule has 0 aliphatic carbocycles. The lowest BCUT2D eigenvalue weighted by Gasteiger charge is -2.09. The molecule has 0 spiro atoms. The molecule has 0 unspecified atom stereocenters. The Morgan fingerprint density at radius 2 is 0.766 bits per heavy atom. The lowest BCUT2D eigenvalue weighted by atomic mass is 9.96. The molecule has 1 N–H and O–H groups in total. The molecule has 0 saturated heterocycles. The zero-order chi connectivity index (χ0) is 50.7. The Morgan fingerprint density at radius 3 is 1.49 bits per heavy atom. The number of nitrogens with zero attached hydrogens (tertiary/aromatic N) is 3. The van der Waals surface area contributed by atoms with E-state index in [0.29, 0.717) is 17.5 Å². The van der Waals surface area contributed by atoms with E-state index in [9.17, 15) is 0 Å². The Labute approximate surface area is 447 Å². The number of aromatic nitrogens is 4. The van der Waals surface area contributed by atoms with Crippen molar-refractivity contribution in [3.63, 3.8) is 0 Å². The molecule has 0 aliphatic heterocycles. The summed E-state index contributed by atoms with van der Waals surface area (Å²) in [6, 6.07) is 80.3. The molecular weight excluding hydrogens is 1010 g/mol. The largest absolute Gasteiger partial charge is 0.456 e. The van der Waals surface area contributed by atoms with Gasteiger partial charge in [0.25, 0.3) is 0 Å². The van der Waals surface area contributed by atoms with E-state index in [0.717, 1.165) is 143 Å². The van der Waals surface area contributed by atoms with Gasteiger partial charge in [0.2, 0.25) is 0 Å². The molecule has 16 rings (SSSR count). The smallest absolute Gasteiger partial charge is 0.164 e. The predicted octanol–water partition coefficient (Wildman–Crippen LogP) is 19.6. The molecule has 0 saturated carbocycles. The second kappa shape index (κ2) is 17.1. The van der Waals surface area contributed by atoms with E-state index < -0.39 is 0 Å². The summed E-state index contributed by atoms with van der Waals surface area (Å²) >= 11 is 3.58. The third kappa shape index (κ3) is 7.14. The van der Waals surface area contributed by atoms with E-state index in [4.69, 9.17) is 28.2 Å². The van der Waals surface area contributed by atoms with Gasteiger partial charge in [-0.15, -0.1) is 0 Å². The molecule has 360 valence electrons. The number of fused-ring (bicyclic) bond motifs is 12. The first-order chi connectivity index (χ1) is 38.0. The van der Waals surface area contributed by atoms with Gasteiger partial charge in [0.05, 0.1) is 5.52 Å². The minimum atomic E-state index is 0.568. The second-order valence-corrected chi connectivity index (χ2v) is 20.6. The van der Waals surface area contributed by atoms with Crippen LogP contribution in [0.1, 0.15) is 0 Å². The lowest BCUT2D eigenvalue weighted by Crippen LogP contribution is -2.00. The minimum absolute atomic E-state index is 0.568. The van der Waals surface area contributed by atoms with Crippen LogP contribution in [0.3, 0.4) is 0 Å². The molecule has 11 aromatic carbocycles. The van der Waals surface area contributed by atoms with Gasteiger partial charge >= 0.3 is 0 Å². The average Bonchev–Trinajstić information content (AvgIpc) is 4.28. The van der Waals surface area contributed by atoms with Gasteiger partial charge in [-0.25, -0.2) is 15.0 Å². The Hall–Kier alpha value is -9.89. The number of para-hydroxylation sites is 5. The summed E-state index contributed by atoms with van der Waals surface area (Å²) in [6.45, 7) is 0. The second-order valence-electron chi connectivity index (χ2n) is 19.7. The van der Waals surface area contributed by atoms with Gasteiger partial charge in [0.15, 0.2) is 17.5 Å². The van der Waals surface area contributed by atoms with E-state index in [1.54, 1.807) is 0 Å². The minimum Gasteiger partial charge on any atom is -0.456 e. The summed E-state index contributed by atoms with van der Waals surface area (Å²) in [7, 11) is 0. The van der Waals surface area contributed by atoms with Crippen LogP contribution in [0.2, 0.25) is 0 Å². The SMILES string of the molecule is Brc1ccc(-c2nc(-c3ccc(-c4ccc5oc6c(-c7cccc(-c8cccc9c8[nH]c8ccc(-c%10cccc%11c%10oc%10ccccc%10%11)cc89)c7)cccc6c5c4)cc3)nc(-c3ccc4c(c3)oc3ccccc34)n2)cc1. The molecule has 16 aromatic rings. The van der Waals surface area contributed by atoms with Crippen LogP contribution in [0.4, 0.5) is 0 Å². The van der Waals surface area contributed by atoms with Crippen molar-refractivity contribution in [2.75, 3.05) is 0 Å². The van der Waals surface area contributed by atoms with Crippen LogP contribution in [0.5, 0.6) is 0 Å². The highest BCUT2D eigenvalue weighted by Crippen LogP contribution is 2.43. The topological polar surface area (TPSA) is 93.9 Å². The summed E-state index contributed by atoms with van der Waals surface area (Å²) in [5.41, 5.74) is 18.7. The van der Waals surface area contributed by atoms with Gasteiger partial charge in [0.1, 0.15) is 33.5 Å². The maximum absolute atomic E-state index is 6.75. The molecule has 0 radical (unpaired) electrons. The molecule has 0 aliphatic rings. The summed E-state index contributed by atoms with van der Waals surface area (Å²) in [4.78, 5) is 18.9. The molecule has 7 nitrogen and oxygen atoms in total. The predicted molar refractivity (Wildman–Crippen MR) is 317 cm³/mol. The number of rotatable bonds is 7. The van der Waals surface area contributed by atoms with Crippen molar-refractivity contribution >= 4 is 104 Å². The first kappa shape index (κ1) is 43.5. The normalized spacial score (nSPS) is 12.0. The average molecular weight is 1050 g/mol. The van der Waals surface area contributed by atoms with Gasteiger partial charge in [-0.2, -0.15) is 0 Å². The zero-order valence-electron chi connectivity index (χ0n) is 40.9. The number of hydrogen-bond donors (Lipinski definition) is 1. The fourth-order valence-electron chi connectivity index (χ4n) is 11.4. The number of hydrogen-bond acceptors (Lipinski definition) is 6. The lowest BCUT2D eigenvalue weighted by molar-refractivity contribution is 0.669. The maximum Gasteiger partial charge on any atom is 0.164 e. The number of aromatic amines is 1. The zero-order valence-corrected chi connectivity index (χ0v) is 42.5. The number of halogens is 1. The fraction of sp³-hybridized carbons (Fsp3) is 0. The number of furan rings is 3. The molecule has 0 fully saturated rings. The number of benzene rings is 11. The van der Waals surface area contributed by atoms with Crippen LogP contribution in [0.25, 0.3) is 166 Å². The number of nitrogens with one attached hydrogen (secondary N) is 1. The van der Waals surface area contributed by atoms with Crippen LogP contribution in [0.15, 0.2) is 248 Å². The van der Waals surface area contributed by atoms with Crippen LogP contribution in [-0.2, 0) is 0 Å². The third-order valence-electron chi connectivity index (χ3n) is 15.2. The van der Waals surface area contributed by atoms with Gasteiger partial charge in [-0.1, -0.05) is 180 Å². The Morgan fingerprint density at radius 1 is 0.286 bits per heavy atom. The third-order valence-corrected chi connectivity index (χ3v) is 15.7. The monoisotopic (exact) mass is 1050 g/mol. The first-order valence-electron chi connectivity index (χ1n) is 25.6. The summed E-state index contributed by atoms with van der Waals surface area (Å²) in [5.74, 6) is 1.74. The highest BCUT2D eigenvalue weighted by molar-refractivity contribution is 9.10. The molecular formula is C69H39BrN4O3. The summed E-state index contributed by atoms with van der Waals surface area (Å²) in [6.07, 6.45) is 0. The highest BCUT2D eigenvalue weighted by atomic mass is 79.9. The van der Waals surface area contributed by atoms with Gasteiger partial charge in [-0.3, -0.25) is 0 Å². The molecule has 5 heterocycles. The van der Waals surface area contributed by atoms with E-state index >= 15 is 0 Å². The Balaban J connectivity index is 0.725. The van der Waals surface area contributed by atoms with Crippen molar-refractivity contribution in [3.05, 3.63) is 235 Å². The van der Waals surface area contributed by atoms with Crippen LogP contribution in [-0.4, -0.2) is 19.9 Å². The van der Waals surface area contributed by atoms with E-state index in [-0.39, 0.29) is 0 Å². The molecule has 77 heavy (non-hydrogen) atoms. The molecule has 0 bridgehead atoms. The van der Waals surface area contributed by atoms with E-state index in [2.05, 4.69) is 191 Å². The Bertz CT molecular complexity index is 5060. The van der Waals surface area contributed by atoms with Crippen molar-refractivity contribution < 1.29 is 13.3 Å². The standard InChI is InChI=1S/C69H39BrN4O3/c70-47-30-25-41(26-31-47)68-72-67(73-69(74-68)46-27-32-53-51-11-1-3-19-60(51)75-63(53)38-46)40-23-21-39(22-24-40)42-29-34-62-58(36-42)56-18-8-14-49(66(56)77-62)44-10-5-9-43(35-44)48-13-6-16-54-57-37-45(28-33-59(57)71-64(48)54)50-15-7-17-55-52-12-2-4-20-61(52)76-65(50)55/h1-38,71H. The van der Waals surface area contributed by atoms with Crippen LogP contribution < -0.4 is 0 Å².